The van der Waals surface area contributed by atoms with E-state index in [0.717, 1.165) is 12.1 Å². The topological polar surface area (TPSA) is 74.6 Å². The summed E-state index contributed by atoms with van der Waals surface area (Å²) in [4.78, 5) is 22.0. The number of halogens is 1. The molecule has 0 heterocycles. The van der Waals surface area contributed by atoms with Crippen molar-refractivity contribution in [2.24, 2.45) is 0 Å². The molecule has 4 nitrogen and oxygen atoms in total. The van der Waals surface area contributed by atoms with Gasteiger partial charge in [-0.25, -0.2) is 14.0 Å². The summed E-state index contributed by atoms with van der Waals surface area (Å²) in [6.45, 7) is 0. The Labute approximate surface area is 94.9 Å². The summed E-state index contributed by atoms with van der Waals surface area (Å²) in [6.07, 6.45) is 0. The lowest BCUT2D eigenvalue weighted by Crippen LogP contribution is -2.04. The Morgan fingerprint density at radius 2 is 1.53 bits per heavy atom. The average Bonchev–Trinajstić information content (AvgIpc) is 2.28. The fraction of sp³-hybridized carbons (Fsp3) is 0. The molecule has 2 rings (SSSR count). The Hall–Kier alpha value is -2.43. The summed E-state index contributed by atoms with van der Waals surface area (Å²) >= 11 is 0. The Balaban J connectivity index is 2.99. The normalized spacial score (nSPS) is 10.4. The van der Waals surface area contributed by atoms with E-state index in [2.05, 4.69) is 0 Å². The van der Waals surface area contributed by atoms with Gasteiger partial charge in [0, 0.05) is 10.8 Å². The Morgan fingerprint density at radius 1 is 0.941 bits per heavy atom. The van der Waals surface area contributed by atoms with Gasteiger partial charge in [0.1, 0.15) is 5.82 Å². The van der Waals surface area contributed by atoms with Crippen LogP contribution in [-0.4, -0.2) is 22.2 Å². The van der Waals surface area contributed by atoms with Crippen LogP contribution in [0.2, 0.25) is 0 Å². The molecule has 2 aromatic rings. The highest BCUT2D eigenvalue weighted by atomic mass is 19.1. The van der Waals surface area contributed by atoms with Gasteiger partial charge in [-0.1, -0.05) is 12.1 Å². The number of fused-ring (bicyclic) bond motifs is 1. The van der Waals surface area contributed by atoms with Gasteiger partial charge in [0.05, 0.1) is 11.1 Å². The van der Waals surface area contributed by atoms with Crippen LogP contribution in [0.3, 0.4) is 0 Å². The van der Waals surface area contributed by atoms with Gasteiger partial charge in [0.25, 0.3) is 0 Å². The molecule has 0 aliphatic rings. The number of carboxylic acid groups (broad SMARTS) is 2. The second-order valence-electron chi connectivity index (χ2n) is 3.43. The third-order valence-electron chi connectivity index (χ3n) is 2.45. The van der Waals surface area contributed by atoms with Crippen molar-refractivity contribution in [3.05, 3.63) is 47.3 Å². The highest BCUT2D eigenvalue weighted by Gasteiger charge is 2.17. The second-order valence-corrected chi connectivity index (χ2v) is 3.43. The van der Waals surface area contributed by atoms with Crippen LogP contribution in [0, 0.1) is 5.82 Å². The van der Waals surface area contributed by atoms with Crippen molar-refractivity contribution in [3.63, 3.8) is 0 Å². The maximum absolute atomic E-state index is 13.5. The predicted molar refractivity (Wildman–Crippen MR) is 57.8 cm³/mol. The molecule has 0 aliphatic heterocycles. The van der Waals surface area contributed by atoms with Crippen LogP contribution in [0.4, 0.5) is 4.39 Å². The van der Waals surface area contributed by atoms with Gasteiger partial charge < -0.3 is 10.2 Å². The molecular weight excluding hydrogens is 227 g/mol. The van der Waals surface area contributed by atoms with Gasteiger partial charge in [-0.05, 0) is 18.2 Å². The third kappa shape index (κ3) is 1.71. The van der Waals surface area contributed by atoms with E-state index in [0.29, 0.717) is 0 Å². The highest BCUT2D eigenvalue weighted by molar-refractivity contribution is 6.12. The van der Waals surface area contributed by atoms with Gasteiger partial charge in [-0.15, -0.1) is 0 Å². The van der Waals surface area contributed by atoms with Crippen molar-refractivity contribution in [3.8, 4) is 0 Å². The number of rotatable bonds is 2. The number of aromatic carboxylic acids is 2. The Morgan fingerprint density at radius 3 is 2.12 bits per heavy atom. The summed E-state index contributed by atoms with van der Waals surface area (Å²) in [5, 5.41) is 17.8. The maximum atomic E-state index is 13.5. The van der Waals surface area contributed by atoms with Crippen molar-refractivity contribution < 1.29 is 24.2 Å². The molecule has 2 aromatic carbocycles. The smallest absolute Gasteiger partial charge is 0.336 e. The Kier molecular flexibility index (Phi) is 2.51. The van der Waals surface area contributed by atoms with Gasteiger partial charge in [0.15, 0.2) is 0 Å². The quantitative estimate of drug-likeness (QED) is 0.836. The van der Waals surface area contributed by atoms with E-state index >= 15 is 0 Å². The number of hydrogen-bond donors (Lipinski definition) is 2. The summed E-state index contributed by atoms with van der Waals surface area (Å²) in [5.74, 6) is -3.22. The number of carbonyl (C=O) groups is 2. The molecule has 2 N–H and O–H groups in total. The van der Waals surface area contributed by atoms with E-state index in [1.165, 1.54) is 18.2 Å². The lowest BCUT2D eigenvalue weighted by Gasteiger charge is -2.06. The molecule has 0 saturated heterocycles. The standard InChI is InChI=1S/C12H7FO4/c13-9-5-4-8(12(16)17)10-6(9)2-1-3-7(10)11(14)15/h1-5H,(H,14,15)(H,16,17). The van der Waals surface area contributed by atoms with Crippen LogP contribution in [0.15, 0.2) is 30.3 Å². The van der Waals surface area contributed by atoms with E-state index in [1.54, 1.807) is 0 Å². The molecule has 86 valence electrons. The zero-order chi connectivity index (χ0) is 12.6. The SMILES string of the molecule is O=C(O)c1cccc2c(F)ccc(C(=O)O)c12. The molecule has 0 unspecified atom stereocenters. The van der Waals surface area contributed by atoms with Gasteiger partial charge >= 0.3 is 11.9 Å². The van der Waals surface area contributed by atoms with Crippen LogP contribution in [0.1, 0.15) is 20.7 Å². The minimum Gasteiger partial charge on any atom is -0.478 e. The lowest BCUT2D eigenvalue weighted by molar-refractivity contribution is 0.0695. The van der Waals surface area contributed by atoms with Crippen LogP contribution in [0.5, 0.6) is 0 Å². The molecule has 0 radical (unpaired) electrons. The van der Waals surface area contributed by atoms with Crippen LogP contribution in [0.25, 0.3) is 10.8 Å². The minimum absolute atomic E-state index is 0.00944. The summed E-state index contributed by atoms with van der Waals surface area (Å²) in [7, 11) is 0. The van der Waals surface area contributed by atoms with E-state index in [-0.39, 0.29) is 21.9 Å². The van der Waals surface area contributed by atoms with Crippen molar-refractivity contribution in [2.45, 2.75) is 0 Å². The first-order valence-electron chi connectivity index (χ1n) is 4.70. The zero-order valence-electron chi connectivity index (χ0n) is 8.48. The summed E-state index contributed by atoms with van der Waals surface area (Å²) < 4.78 is 13.5. The van der Waals surface area contributed by atoms with E-state index in [4.69, 9.17) is 10.2 Å². The molecule has 0 atom stereocenters. The molecule has 0 amide bonds. The number of benzene rings is 2. The molecule has 0 spiro atoms. The fourth-order valence-electron chi connectivity index (χ4n) is 1.73. The van der Waals surface area contributed by atoms with Crippen LogP contribution < -0.4 is 0 Å². The predicted octanol–water partition coefficient (Wildman–Crippen LogP) is 2.38. The van der Waals surface area contributed by atoms with Gasteiger partial charge in [-0.3, -0.25) is 0 Å². The lowest BCUT2D eigenvalue weighted by atomic mass is 9.99. The molecule has 0 bridgehead atoms. The van der Waals surface area contributed by atoms with Crippen molar-refractivity contribution >= 4 is 22.7 Å². The third-order valence-corrected chi connectivity index (χ3v) is 2.45. The van der Waals surface area contributed by atoms with Crippen molar-refractivity contribution in [1.82, 2.24) is 0 Å². The van der Waals surface area contributed by atoms with Crippen LogP contribution >= 0.6 is 0 Å². The van der Waals surface area contributed by atoms with Crippen molar-refractivity contribution in [2.75, 3.05) is 0 Å². The molecule has 0 aromatic heterocycles. The first-order chi connectivity index (χ1) is 8.02. The number of carboxylic acids is 2. The van der Waals surface area contributed by atoms with Crippen LogP contribution in [-0.2, 0) is 0 Å². The van der Waals surface area contributed by atoms with E-state index < -0.39 is 17.8 Å². The fourth-order valence-corrected chi connectivity index (χ4v) is 1.73. The molecule has 0 fully saturated rings. The maximum Gasteiger partial charge on any atom is 0.336 e. The molecule has 5 heteroatoms. The molecule has 0 aliphatic carbocycles. The minimum atomic E-state index is -1.29. The van der Waals surface area contributed by atoms with E-state index in [1.807, 2.05) is 0 Å². The summed E-state index contributed by atoms with van der Waals surface area (Å²) in [5.41, 5.74) is -0.446. The first-order valence-corrected chi connectivity index (χ1v) is 4.70. The zero-order valence-corrected chi connectivity index (χ0v) is 8.48. The monoisotopic (exact) mass is 234 g/mol. The number of hydrogen-bond acceptors (Lipinski definition) is 2. The highest BCUT2D eigenvalue weighted by Crippen LogP contribution is 2.25. The first kappa shape index (κ1) is 11.1. The largest absolute Gasteiger partial charge is 0.478 e. The second kappa shape index (κ2) is 3.86. The molecular formula is C12H7FO4. The molecule has 17 heavy (non-hydrogen) atoms. The van der Waals surface area contributed by atoms with Gasteiger partial charge in [-0.2, -0.15) is 0 Å². The average molecular weight is 234 g/mol. The molecule has 0 saturated carbocycles. The van der Waals surface area contributed by atoms with Crippen molar-refractivity contribution in [1.29, 1.82) is 0 Å². The van der Waals surface area contributed by atoms with Gasteiger partial charge in [0.2, 0.25) is 0 Å². The summed E-state index contributed by atoms with van der Waals surface area (Å²) in [6, 6.07) is 6.05. The Bertz CT molecular complexity index is 613. The van der Waals surface area contributed by atoms with E-state index in [9.17, 15) is 14.0 Å².